The number of aliphatic hydroxyl groups is 2. The second-order valence-electron chi connectivity index (χ2n) is 14.9. The minimum atomic E-state index is -2.08. The molecule has 0 fully saturated rings. The largest absolute Gasteiger partial charge is 0.462 e. The summed E-state index contributed by atoms with van der Waals surface area (Å²) in [7, 11) is 1.42. The molecule has 14 nitrogen and oxygen atoms in total. The van der Waals surface area contributed by atoms with Gasteiger partial charge in [0.15, 0.2) is 5.78 Å². The van der Waals surface area contributed by atoms with Crippen LogP contribution in [0, 0.1) is 36.5 Å². The van der Waals surface area contributed by atoms with Crippen molar-refractivity contribution in [3.63, 3.8) is 0 Å². The topological polar surface area (TPSA) is 201 Å². The van der Waals surface area contributed by atoms with E-state index in [1.807, 2.05) is 0 Å². The fraction of sp³-hybridized carbons (Fsp3) is 0.512. The minimum absolute atomic E-state index is 0.0681. The van der Waals surface area contributed by atoms with Gasteiger partial charge in [-0.1, -0.05) is 59.8 Å². The van der Waals surface area contributed by atoms with Crippen molar-refractivity contribution in [2.75, 3.05) is 7.11 Å². The number of benzene rings is 1. The number of carbonyl (C=O) groups excluding carboxylic acids is 6. The van der Waals surface area contributed by atoms with E-state index in [9.17, 15) is 39.0 Å². The molecule has 0 saturated carbocycles. The van der Waals surface area contributed by atoms with Crippen LogP contribution in [0.3, 0.4) is 0 Å². The lowest BCUT2D eigenvalue weighted by molar-refractivity contribution is -0.160. The Kier molecular flexibility index (Phi) is 13.1. The molecule has 55 heavy (non-hydrogen) atoms. The van der Waals surface area contributed by atoms with Gasteiger partial charge < -0.3 is 39.2 Å². The quantitative estimate of drug-likeness (QED) is 0.286. The summed E-state index contributed by atoms with van der Waals surface area (Å²) in [6.45, 7) is 15.5. The van der Waals surface area contributed by atoms with Gasteiger partial charge in [-0.2, -0.15) is 0 Å². The maximum atomic E-state index is 14.2. The molecule has 1 amide bonds. The van der Waals surface area contributed by atoms with Crippen LogP contribution in [0.2, 0.25) is 0 Å². The van der Waals surface area contributed by atoms with Crippen LogP contribution in [0.25, 0.3) is 0 Å². The number of ketones is 3. The molecule has 1 aliphatic carbocycles. The third kappa shape index (κ3) is 8.51. The molecule has 0 unspecified atom stereocenters. The van der Waals surface area contributed by atoms with Gasteiger partial charge in [-0.25, -0.2) is 0 Å². The van der Waals surface area contributed by atoms with Gasteiger partial charge in [0, 0.05) is 61.8 Å². The smallest absolute Gasteiger partial charge is 0.313 e. The number of allylic oxidation sites excluding steroid dienone is 4. The zero-order valence-electron chi connectivity index (χ0n) is 33.0. The fourth-order valence-electron chi connectivity index (χ4n) is 6.95. The molecule has 0 saturated heterocycles. The van der Waals surface area contributed by atoms with Crippen LogP contribution < -0.4 is 14.8 Å². The van der Waals surface area contributed by atoms with E-state index in [1.165, 1.54) is 47.0 Å². The summed E-state index contributed by atoms with van der Waals surface area (Å²) in [4.78, 5) is 80.7. The van der Waals surface area contributed by atoms with Crippen LogP contribution in [0.1, 0.15) is 99.0 Å². The zero-order chi connectivity index (χ0) is 41.3. The molecular weight excluding hydrogens is 714 g/mol. The number of carbonyl (C=O) groups is 6. The van der Waals surface area contributed by atoms with Gasteiger partial charge in [0.25, 0.3) is 11.7 Å². The summed E-state index contributed by atoms with van der Waals surface area (Å²) < 4.78 is 29.1. The molecule has 0 spiro atoms. The highest BCUT2D eigenvalue weighted by Crippen LogP contribution is 2.48. The van der Waals surface area contributed by atoms with Gasteiger partial charge >= 0.3 is 17.7 Å². The molecule has 1 aromatic rings. The van der Waals surface area contributed by atoms with Crippen molar-refractivity contribution in [2.45, 2.75) is 99.4 Å². The van der Waals surface area contributed by atoms with Crippen LogP contribution in [-0.2, 0) is 28.6 Å². The highest BCUT2D eigenvalue weighted by atomic mass is 16.7. The van der Waals surface area contributed by atoms with Crippen LogP contribution in [0.15, 0.2) is 47.9 Å². The van der Waals surface area contributed by atoms with Crippen molar-refractivity contribution in [3.05, 3.63) is 70.2 Å². The number of amides is 1. The standard InChI is InChI=1S/C41H51NO13/c1-18(2)40(50)54-36-24(8)37-31-29-27(44)17-26(34(47)30(29)36)42-39(49)20(4)14-12-13-19(3)32(45)22(6)33(46)23(7)35(53-25(9)43)21(5)28(51-11)15-16-52-41(10,55-37)38(31)48/h12-19,21-23,28,32-33,35,45-46H,1-11H3,(H,42,49)/b13-12-,16-15-,20-14-/t19-,21+,22+,23-,28-,32-,33-,35+,41-/m1/s1. The Bertz CT molecular complexity index is 1890. The molecule has 5 bridgehead atoms. The summed E-state index contributed by atoms with van der Waals surface area (Å²) in [6, 6.07) is 0. The van der Waals surface area contributed by atoms with E-state index in [4.69, 9.17) is 23.7 Å². The van der Waals surface area contributed by atoms with Crippen molar-refractivity contribution in [2.24, 2.45) is 29.6 Å². The Balaban J connectivity index is 1.90. The van der Waals surface area contributed by atoms with Crippen LogP contribution >= 0.6 is 0 Å². The molecular formula is C41H51NO13. The first kappa shape index (κ1) is 42.8. The Morgan fingerprint density at radius 3 is 2.18 bits per heavy atom. The lowest BCUT2D eigenvalue weighted by atomic mass is 9.78. The van der Waals surface area contributed by atoms with Crippen LogP contribution in [0.5, 0.6) is 11.5 Å². The number of hydrogen-bond donors (Lipinski definition) is 3. The van der Waals surface area contributed by atoms with Gasteiger partial charge in [0.2, 0.25) is 5.78 Å². The average molecular weight is 766 g/mol. The summed E-state index contributed by atoms with van der Waals surface area (Å²) in [6.07, 6.45) is 4.24. The molecule has 4 aliphatic rings. The van der Waals surface area contributed by atoms with E-state index in [-0.39, 0.29) is 39.3 Å². The Morgan fingerprint density at radius 1 is 0.927 bits per heavy atom. The number of ether oxygens (including phenoxy) is 5. The fourth-order valence-corrected chi connectivity index (χ4v) is 6.95. The average Bonchev–Trinajstić information content (AvgIpc) is 3.39. The Hall–Kier alpha value is -4.92. The highest BCUT2D eigenvalue weighted by molar-refractivity contribution is 6.31. The highest BCUT2D eigenvalue weighted by Gasteiger charge is 2.52. The molecule has 1 aromatic carbocycles. The van der Waals surface area contributed by atoms with E-state index >= 15 is 0 Å². The number of methoxy groups -OCH3 is 1. The number of hydrogen-bond acceptors (Lipinski definition) is 13. The van der Waals surface area contributed by atoms with Gasteiger partial charge in [0.1, 0.15) is 17.6 Å². The molecule has 5 rings (SSSR count). The van der Waals surface area contributed by atoms with Crippen molar-refractivity contribution in [1.29, 1.82) is 0 Å². The van der Waals surface area contributed by atoms with Crippen molar-refractivity contribution >= 4 is 35.2 Å². The molecule has 14 heteroatoms. The molecule has 9 atom stereocenters. The molecule has 3 aliphatic heterocycles. The summed E-state index contributed by atoms with van der Waals surface area (Å²) >= 11 is 0. The lowest BCUT2D eigenvalue weighted by Gasteiger charge is -2.38. The number of Topliss-reactive ketones (excluding diaryl/α,β-unsaturated/α-hetero) is 2. The number of nitrogens with one attached hydrogen (secondary N) is 1. The number of fused-ring (bicyclic) bond motifs is 14. The van der Waals surface area contributed by atoms with Crippen molar-refractivity contribution in [1.82, 2.24) is 5.32 Å². The minimum Gasteiger partial charge on any atom is -0.462 e. The first-order valence-corrected chi connectivity index (χ1v) is 18.2. The first-order chi connectivity index (χ1) is 25.7. The SMILES string of the molecule is CO[C@@H]1/C=C\O[C@]2(C)Oc3c(C)c(OC(=O)C(C)C)c4c(c3C2=O)C(=O)C=C(NC(=O)/C(C)=C\C=C/[C@@H](C)[C@@H](O)[C@H](C)[C@@H](O)[C@@H](C)[C@@H](OC(C)=O)[C@H]1C)C4=O. The number of rotatable bonds is 4. The maximum absolute atomic E-state index is 14.2. The molecule has 298 valence electrons. The van der Waals surface area contributed by atoms with Crippen molar-refractivity contribution < 1.29 is 62.7 Å². The number of esters is 2. The van der Waals surface area contributed by atoms with Crippen molar-refractivity contribution in [3.8, 4) is 11.5 Å². The number of aliphatic hydroxyl groups excluding tert-OH is 2. The summed E-state index contributed by atoms with van der Waals surface area (Å²) in [5.41, 5.74) is -1.23. The van der Waals surface area contributed by atoms with E-state index in [2.05, 4.69) is 5.32 Å². The summed E-state index contributed by atoms with van der Waals surface area (Å²) in [5.74, 6) is -10.2. The van der Waals surface area contributed by atoms with Gasteiger partial charge in [-0.05, 0) is 19.9 Å². The van der Waals surface area contributed by atoms with E-state index in [0.717, 1.165) is 12.3 Å². The van der Waals surface area contributed by atoms with Gasteiger partial charge in [-0.3, -0.25) is 28.8 Å². The Morgan fingerprint density at radius 2 is 1.58 bits per heavy atom. The molecule has 3 N–H and O–H groups in total. The zero-order valence-corrected chi connectivity index (χ0v) is 33.0. The van der Waals surface area contributed by atoms with Crippen LogP contribution in [0.4, 0.5) is 0 Å². The molecule has 0 aromatic heterocycles. The third-order valence-corrected chi connectivity index (χ3v) is 10.5. The van der Waals surface area contributed by atoms with E-state index in [0.29, 0.717) is 0 Å². The maximum Gasteiger partial charge on any atom is 0.313 e. The predicted octanol–water partition coefficient (Wildman–Crippen LogP) is 4.49. The van der Waals surface area contributed by atoms with Crippen LogP contribution in [-0.4, -0.2) is 82.7 Å². The first-order valence-electron chi connectivity index (χ1n) is 18.2. The normalized spacial score (nSPS) is 32.4. The second-order valence-corrected chi connectivity index (χ2v) is 14.9. The van der Waals surface area contributed by atoms with E-state index in [1.54, 1.807) is 53.7 Å². The lowest BCUT2D eigenvalue weighted by Crippen LogP contribution is -2.46. The summed E-state index contributed by atoms with van der Waals surface area (Å²) in [5, 5.41) is 25.1. The molecule has 0 radical (unpaired) electrons. The second kappa shape index (κ2) is 16.8. The third-order valence-electron chi connectivity index (χ3n) is 10.5. The predicted molar refractivity (Wildman–Crippen MR) is 198 cm³/mol. The van der Waals surface area contributed by atoms with Gasteiger partial charge in [0.05, 0.1) is 52.9 Å². The van der Waals surface area contributed by atoms with Gasteiger partial charge in [-0.15, -0.1) is 0 Å². The van der Waals surface area contributed by atoms with E-state index < -0.39 is 101 Å². The Labute approximate surface area is 320 Å². The molecule has 3 heterocycles. The monoisotopic (exact) mass is 765 g/mol.